The predicted octanol–water partition coefficient (Wildman–Crippen LogP) is 3.09. The minimum atomic E-state index is -3.30. The van der Waals surface area contributed by atoms with E-state index in [2.05, 4.69) is 0 Å². The molecule has 0 N–H and O–H groups in total. The van der Waals surface area contributed by atoms with E-state index in [1.54, 1.807) is 6.07 Å². The Kier molecular flexibility index (Phi) is 5.63. The van der Waals surface area contributed by atoms with Gasteiger partial charge in [0, 0.05) is 0 Å². The summed E-state index contributed by atoms with van der Waals surface area (Å²) in [7, 11) is 0. The van der Waals surface area contributed by atoms with E-state index in [1.807, 2.05) is 0 Å². The lowest BCUT2D eigenvalue weighted by Gasteiger charge is -2.32. The van der Waals surface area contributed by atoms with Crippen LogP contribution in [-0.4, -0.2) is 30.6 Å². The Hall–Kier alpha value is -1.98. The molecular formula is C16H20F2O4. The molecule has 0 aromatic heterocycles. The second-order valence-corrected chi connectivity index (χ2v) is 5.70. The molecule has 0 bridgehead atoms. The zero-order valence-electron chi connectivity index (χ0n) is 13.1. The molecule has 4 nitrogen and oxygen atoms in total. The summed E-state index contributed by atoms with van der Waals surface area (Å²) in [6.07, 6.45) is -3.30. The van der Waals surface area contributed by atoms with Crippen LogP contribution in [0.1, 0.15) is 33.3 Å². The van der Waals surface area contributed by atoms with Gasteiger partial charge < -0.3 is 9.47 Å². The summed E-state index contributed by atoms with van der Waals surface area (Å²) in [6.45, 7) is 5.98. The van der Waals surface area contributed by atoms with Gasteiger partial charge in [0.2, 0.25) is 5.41 Å². The van der Waals surface area contributed by atoms with Crippen molar-refractivity contribution in [3.05, 3.63) is 35.9 Å². The molecule has 0 spiro atoms. The average Bonchev–Trinajstić information content (AvgIpc) is 2.38. The minimum Gasteiger partial charge on any atom is -0.465 e. The summed E-state index contributed by atoms with van der Waals surface area (Å²) in [5, 5.41) is 0. The van der Waals surface area contributed by atoms with Gasteiger partial charge in [-0.25, -0.2) is 8.78 Å². The Labute approximate surface area is 128 Å². The smallest absolute Gasteiger partial charge is 0.334 e. The van der Waals surface area contributed by atoms with Gasteiger partial charge in [-0.15, -0.1) is 0 Å². The number of esters is 2. The molecule has 0 saturated heterocycles. The van der Waals surface area contributed by atoms with E-state index in [-0.39, 0.29) is 12.2 Å². The maximum Gasteiger partial charge on any atom is 0.334 e. The first-order valence-electron chi connectivity index (χ1n) is 6.90. The Morgan fingerprint density at radius 1 is 1.09 bits per heavy atom. The van der Waals surface area contributed by atoms with Crippen molar-refractivity contribution in [3.8, 4) is 0 Å². The molecule has 1 rings (SSSR count). The molecule has 0 amide bonds. The largest absolute Gasteiger partial charge is 0.465 e. The Morgan fingerprint density at radius 3 is 2.05 bits per heavy atom. The first-order chi connectivity index (χ1) is 10.2. The number of carbonyl (C=O) groups is 2. The van der Waals surface area contributed by atoms with Crippen LogP contribution in [0.3, 0.4) is 0 Å². The fourth-order valence-electron chi connectivity index (χ4n) is 1.93. The SMILES string of the molecule is CCOC(=O)C(C(=O)OC(C)(C)C)(c1ccccc1)C(F)F. The van der Waals surface area contributed by atoms with E-state index in [4.69, 9.17) is 9.47 Å². The Balaban J connectivity index is 3.47. The van der Waals surface area contributed by atoms with Crippen molar-refractivity contribution in [2.45, 2.75) is 45.1 Å². The number of alkyl halides is 2. The maximum absolute atomic E-state index is 13.8. The van der Waals surface area contributed by atoms with Crippen LogP contribution < -0.4 is 0 Å². The average molecular weight is 314 g/mol. The monoisotopic (exact) mass is 314 g/mol. The van der Waals surface area contributed by atoms with Crippen LogP contribution in [-0.2, 0) is 24.5 Å². The molecule has 0 aliphatic rings. The molecule has 1 atom stereocenters. The lowest BCUT2D eigenvalue weighted by molar-refractivity contribution is -0.180. The lowest BCUT2D eigenvalue weighted by Crippen LogP contribution is -2.53. The van der Waals surface area contributed by atoms with E-state index in [9.17, 15) is 18.4 Å². The van der Waals surface area contributed by atoms with Crippen LogP contribution in [0.15, 0.2) is 30.3 Å². The molecule has 6 heteroatoms. The van der Waals surface area contributed by atoms with Crippen LogP contribution in [0, 0.1) is 0 Å². The molecular weight excluding hydrogens is 294 g/mol. The first kappa shape index (κ1) is 18.1. The van der Waals surface area contributed by atoms with Gasteiger partial charge in [0.1, 0.15) is 5.60 Å². The highest BCUT2D eigenvalue weighted by molar-refractivity contribution is 6.07. The van der Waals surface area contributed by atoms with Crippen molar-refractivity contribution >= 4 is 11.9 Å². The van der Waals surface area contributed by atoms with E-state index in [1.165, 1.54) is 52.0 Å². The van der Waals surface area contributed by atoms with Gasteiger partial charge in [0.15, 0.2) is 0 Å². The first-order valence-corrected chi connectivity index (χ1v) is 6.90. The van der Waals surface area contributed by atoms with Crippen molar-refractivity contribution in [2.75, 3.05) is 6.61 Å². The highest BCUT2D eigenvalue weighted by atomic mass is 19.3. The van der Waals surface area contributed by atoms with E-state index >= 15 is 0 Å². The summed E-state index contributed by atoms with van der Waals surface area (Å²) in [5.41, 5.74) is -3.96. The molecule has 0 fully saturated rings. The Bertz CT molecular complexity index is 523. The van der Waals surface area contributed by atoms with Crippen LogP contribution in [0.2, 0.25) is 0 Å². The zero-order valence-corrected chi connectivity index (χ0v) is 13.1. The fraction of sp³-hybridized carbons (Fsp3) is 0.500. The summed E-state index contributed by atoms with van der Waals surface area (Å²) in [6, 6.07) is 7.10. The standard InChI is InChI=1S/C16H20F2O4/c1-5-21-13(19)16(12(17)18,11-9-7-6-8-10-11)14(20)22-15(2,3)4/h6-10,12H,5H2,1-4H3. The highest BCUT2D eigenvalue weighted by Crippen LogP contribution is 2.35. The van der Waals surface area contributed by atoms with Crippen LogP contribution in [0.25, 0.3) is 0 Å². The second-order valence-electron chi connectivity index (χ2n) is 5.70. The van der Waals surface area contributed by atoms with Crippen LogP contribution >= 0.6 is 0 Å². The van der Waals surface area contributed by atoms with Crippen LogP contribution in [0.5, 0.6) is 0 Å². The molecule has 22 heavy (non-hydrogen) atoms. The highest BCUT2D eigenvalue weighted by Gasteiger charge is 2.59. The summed E-state index contributed by atoms with van der Waals surface area (Å²) < 4.78 is 37.5. The number of hydrogen-bond donors (Lipinski definition) is 0. The number of benzene rings is 1. The van der Waals surface area contributed by atoms with Crippen LogP contribution in [0.4, 0.5) is 8.78 Å². The van der Waals surface area contributed by atoms with Gasteiger partial charge in [-0.3, -0.25) is 9.59 Å². The third-order valence-electron chi connectivity index (χ3n) is 2.87. The zero-order chi connectivity index (χ0) is 17.0. The summed E-state index contributed by atoms with van der Waals surface area (Å²) in [4.78, 5) is 24.7. The molecule has 1 aromatic carbocycles. The van der Waals surface area contributed by atoms with Gasteiger partial charge in [0.05, 0.1) is 6.61 Å². The van der Waals surface area contributed by atoms with Gasteiger partial charge in [-0.05, 0) is 33.3 Å². The number of carbonyl (C=O) groups excluding carboxylic acids is 2. The maximum atomic E-state index is 13.8. The fourth-order valence-corrected chi connectivity index (χ4v) is 1.93. The number of ether oxygens (including phenoxy) is 2. The van der Waals surface area contributed by atoms with E-state index < -0.39 is 29.4 Å². The topological polar surface area (TPSA) is 52.6 Å². The number of halogens is 2. The molecule has 1 aromatic rings. The van der Waals surface area contributed by atoms with Gasteiger partial charge in [-0.2, -0.15) is 0 Å². The summed E-state index contributed by atoms with van der Waals surface area (Å²) >= 11 is 0. The molecule has 0 heterocycles. The van der Waals surface area contributed by atoms with Crippen molar-refractivity contribution < 1.29 is 27.8 Å². The van der Waals surface area contributed by atoms with E-state index in [0.29, 0.717) is 0 Å². The number of hydrogen-bond acceptors (Lipinski definition) is 4. The van der Waals surface area contributed by atoms with Gasteiger partial charge in [0.25, 0.3) is 6.43 Å². The predicted molar refractivity (Wildman–Crippen MR) is 76.6 cm³/mol. The third-order valence-corrected chi connectivity index (χ3v) is 2.87. The third kappa shape index (κ3) is 3.61. The molecule has 0 radical (unpaired) electrons. The van der Waals surface area contributed by atoms with Crippen molar-refractivity contribution in [1.82, 2.24) is 0 Å². The second kappa shape index (κ2) is 6.85. The van der Waals surface area contributed by atoms with E-state index in [0.717, 1.165) is 0 Å². The normalized spacial score (nSPS) is 14.3. The molecule has 1 unspecified atom stereocenters. The molecule has 0 aliphatic heterocycles. The van der Waals surface area contributed by atoms with Crippen molar-refractivity contribution in [3.63, 3.8) is 0 Å². The lowest BCUT2D eigenvalue weighted by atomic mass is 9.80. The number of rotatable bonds is 5. The molecule has 0 aliphatic carbocycles. The van der Waals surface area contributed by atoms with Gasteiger partial charge >= 0.3 is 11.9 Å². The molecule has 122 valence electrons. The molecule has 0 saturated carbocycles. The van der Waals surface area contributed by atoms with Gasteiger partial charge in [-0.1, -0.05) is 30.3 Å². The van der Waals surface area contributed by atoms with Crippen molar-refractivity contribution in [2.24, 2.45) is 0 Å². The Morgan fingerprint density at radius 2 is 1.64 bits per heavy atom. The summed E-state index contributed by atoms with van der Waals surface area (Å²) in [5.74, 6) is -2.63. The minimum absolute atomic E-state index is 0.122. The van der Waals surface area contributed by atoms with Crippen molar-refractivity contribution in [1.29, 1.82) is 0 Å². The quantitative estimate of drug-likeness (QED) is 0.619.